The molecule has 0 radical (unpaired) electrons. The lowest BCUT2D eigenvalue weighted by Gasteiger charge is -2.23. The van der Waals surface area contributed by atoms with Crippen LogP contribution in [0.5, 0.6) is 0 Å². The van der Waals surface area contributed by atoms with E-state index < -0.39 is 12.1 Å². The lowest BCUT2D eigenvalue weighted by Crippen LogP contribution is -2.47. The number of anilines is 1. The number of nitrogens with one attached hydrogen (secondary N) is 2. The Bertz CT molecular complexity index is 774. The van der Waals surface area contributed by atoms with Crippen LogP contribution in [0, 0.1) is 19.8 Å². The van der Waals surface area contributed by atoms with E-state index in [0.717, 1.165) is 28.8 Å². The van der Waals surface area contributed by atoms with Gasteiger partial charge in [-0.25, -0.2) is 4.79 Å². The highest BCUT2D eigenvalue weighted by molar-refractivity contribution is 5.97. The van der Waals surface area contributed by atoms with E-state index in [9.17, 15) is 9.59 Å². The number of carbonyl (C=O) groups is 2. The molecule has 2 atom stereocenters. The summed E-state index contributed by atoms with van der Waals surface area (Å²) in [5.41, 5.74) is 3.76. The summed E-state index contributed by atoms with van der Waals surface area (Å²) >= 11 is 0. The first kappa shape index (κ1) is 20.5. The Hall–Kier alpha value is -2.82. The van der Waals surface area contributed by atoms with Crippen LogP contribution in [-0.2, 0) is 16.1 Å². The van der Waals surface area contributed by atoms with Crippen molar-refractivity contribution in [3.63, 3.8) is 0 Å². The molecule has 0 unspecified atom stereocenters. The summed E-state index contributed by atoms with van der Waals surface area (Å²) in [6.07, 6.45) is 0.157. The van der Waals surface area contributed by atoms with Crippen LogP contribution in [0.4, 0.5) is 10.5 Å². The van der Waals surface area contributed by atoms with E-state index in [1.165, 1.54) is 0 Å². The van der Waals surface area contributed by atoms with Gasteiger partial charge in [0.15, 0.2) is 0 Å². The highest BCUT2D eigenvalue weighted by Gasteiger charge is 2.27. The molecule has 2 aromatic carbocycles. The summed E-state index contributed by atoms with van der Waals surface area (Å²) in [5, 5.41) is 5.64. The minimum absolute atomic E-state index is 0.0278. The van der Waals surface area contributed by atoms with Gasteiger partial charge in [0.05, 0.1) is 0 Å². The summed E-state index contributed by atoms with van der Waals surface area (Å²) in [4.78, 5) is 25.0. The third kappa shape index (κ3) is 6.13. The molecule has 5 heteroatoms. The zero-order valence-electron chi connectivity index (χ0n) is 16.4. The van der Waals surface area contributed by atoms with E-state index >= 15 is 0 Å². The smallest absolute Gasteiger partial charge is 0.408 e. The van der Waals surface area contributed by atoms with E-state index in [1.54, 1.807) is 0 Å². The molecule has 0 aliphatic heterocycles. The minimum Gasteiger partial charge on any atom is -0.445 e. The van der Waals surface area contributed by atoms with E-state index in [0.29, 0.717) is 0 Å². The molecule has 5 nitrogen and oxygen atoms in total. The summed E-state index contributed by atoms with van der Waals surface area (Å²) in [7, 11) is 0. The van der Waals surface area contributed by atoms with Gasteiger partial charge in [-0.3, -0.25) is 4.79 Å². The largest absolute Gasteiger partial charge is 0.445 e. The van der Waals surface area contributed by atoms with Crippen LogP contribution in [0.3, 0.4) is 0 Å². The number of ether oxygens (including phenoxy) is 1. The molecule has 0 aliphatic rings. The fraction of sp³-hybridized carbons (Fsp3) is 0.364. The van der Waals surface area contributed by atoms with Crippen molar-refractivity contribution < 1.29 is 14.3 Å². The van der Waals surface area contributed by atoms with Crippen molar-refractivity contribution in [2.75, 3.05) is 5.32 Å². The van der Waals surface area contributed by atoms with Gasteiger partial charge in [0, 0.05) is 5.69 Å². The van der Waals surface area contributed by atoms with Crippen molar-refractivity contribution >= 4 is 17.7 Å². The molecule has 2 N–H and O–H groups in total. The average molecular weight is 368 g/mol. The summed E-state index contributed by atoms with van der Waals surface area (Å²) in [6, 6.07) is 14.6. The molecule has 0 saturated carbocycles. The van der Waals surface area contributed by atoms with Gasteiger partial charge >= 0.3 is 6.09 Å². The molecule has 2 rings (SSSR count). The summed E-state index contributed by atoms with van der Waals surface area (Å²) < 4.78 is 5.26. The number of carbonyl (C=O) groups excluding carboxylic acids is 2. The van der Waals surface area contributed by atoms with Gasteiger partial charge in [-0.15, -0.1) is 0 Å². The third-order valence-corrected chi connectivity index (χ3v) is 4.62. The lowest BCUT2D eigenvalue weighted by molar-refractivity contribution is -0.119. The van der Waals surface area contributed by atoms with Gasteiger partial charge in [0.1, 0.15) is 12.6 Å². The van der Waals surface area contributed by atoms with Crippen molar-refractivity contribution in [3.8, 4) is 0 Å². The number of rotatable bonds is 7. The number of aryl methyl sites for hydroxylation is 2. The first-order valence-electron chi connectivity index (χ1n) is 9.26. The van der Waals surface area contributed by atoms with E-state index in [4.69, 9.17) is 4.74 Å². The zero-order valence-corrected chi connectivity index (χ0v) is 16.4. The first-order valence-corrected chi connectivity index (χ1v) is 9.26. The molecule has 2 aromatic rings. The van der Waals surface area contributed by atoms with Gasteiger partial charge in [-0.2, -0.15) is 0 Å². The number of benzene rings is 2. The van der Waals surface area contributed by atoms with Crippen molar-refractivity contribution in [1.29, 1.82) is 0 Å². The standard InChI is InChI=1S/C22H28N2O3/c1-5-16(3)20(21(25)23-19-12-11-15(2)13-17(19)4)24-22(26)27-14-18-9-7-6-8-10-18/h6-13,16,20H,5,14H2,1-4H3,(H,23,25)(H,24,26)/t16-,20+/m1/s1. The van der Waals surface area contributed by atoms with Crippen LogP contribution in [0.1, 0.15) is 37.0 Å². The van der Waals surface area contributed by atoms with Crippen molar-refractivity contribution in [1.82, 2.24) is 5.32 Å². The van der Waals surface area contributed by atoms with Gasteiger partial charge in [-0.05, 0) is 37.0 Å². The molecular formula is C22H28N2O3. The highest BCUT2D eigenvalue weighted by atomic mass is 16.5. The monoisotopic (exact) mass is 368 g/mol. The molecule has 0 saturated heterocycles. The van der Waals surface area contributed by atoms with E-state index in [-0.39, 0.29) is 18.4 Å². The second kappa shape index (κ2) is 9.76. The molecule has 0 fully saturated rings. The Morgan fingerprint density at radius 1 is 1.07 bits per heavy atom. The Morgan fingerprint density at radius 2 is 1.78 bits per heavy atom. The predicted molar refractivity (Wildman–Crippen MR) is 108 cm³/mol. The van der Waals surface area contributed by atoms with Crippen LogP contribution in [0.15, 0.2) is 48.5 Å². The van der Waals surface area contributed by atoms with Crippen LogP contribution >= 0.6 is 0 Å². The first-order chi connectivity index (χ1) is 12.9. The van der Waals surface area contributed by atoms with Crippen molar-refractivity contribution in [3.05, 3.63) is 65.2 Å². The lowest BCUT2D eigenvalue weighted by atomic mass is 9.98. The van der Waals surface area contributed by atoms with Crippen LogP contribution in [-0.4, -0.2) is 18.0 Å². The number of alkyl carbamates (subject to hydrolysis) is 1. The fourth-order valence-electron chi connectivity index (χ4n) is 2.76. The molecular weight excluding hydrogens is 340 g/mol. The summed E-state index contributed by atoms with van der Waals surface area (Å²) in [5.74, 6) is -0.270. The topological polar surface area (TPSA) is 67.4 Å². The SMILES string of the molecule is CC[C@@H](C)[C@H](NC(=O)OCc1ccccc1)C(=O)Nc1ccc(C)cc1C. The van der Waals surface area contributed by atoms with Crippen molar-refractivity contribution in [2.45, 2.75) is 46.8 Å². The van der Waals surface area contributed by atoms with E-state index in [1.807, 2.05) is 76.2 Å². The van der Waals surface area contributed by atoms with E-state index in [2.05, 4.69) is 10.6 Å². The Morgan fingerprint density at radius 3 is 2.41 bits per heavy atom. The van der Waals surface area contributed by atoms with Crippen LogP contribution in [0.25, 0.3) is 0 Å². The second-order valence-corrected chi connectivity index (χ2v) is 6.88. The summed E-state index contributed by atoms with van der Waals surface area (Å²) in [6.45, 7) is 8.04. The highest BCUT2D eigenvalue weighted by Crippen LogP contribution is 2.18. The molecule has 0 spiro atoms. The second-order valence-electron chi connectivity index (χ2n) is 6.88. The molecule has 144 valence electrons. The van der Waals surface area contributed by atoms with Gasteiger partial charge < -0.3 is 15.4 Å². The minimum atomic E-state index is -0.668. The van der Waals surface area contributed by atoms with Crippen LogP contribution in [0.2, 0.25) is 0 Å². The van der Waals surface area contributed by atoms with Gasteiger partial charge in [-0.1, -0.05) is 68.3 Å². The van der Waals surface area contributed by atoms with Crippen molar-refractivity contribution in [2.24, 2.45) is 5.92 Å². The van der Waals surface area contributed by atoms with Crippen LogP contribution < -0.4 is 10.6 Å². The Balaban J connectivity index is 2.00. The maximum absolute atomic E-state index is 12.8. The predicted octanol–water partition coefficient (Wildman–Crippen LogP) is 4.58. The number of hydrogen-bond acceptors (Lipinski definition) is 3. The normalized spacial score (nSPS) is 12.7. The van der Waals surface area contributed by atoms with Gasteiger partial charge in [0.2, 0.25) is 5.91 Å². The molecule has 2 amide bonds. The molecule has 0 bridgehead atoms. The third-order valence-electron chi connectivity index (χ3n) is 4.62. The molecule has 0 heterocycles. The maximum atomic E-state index is 12.8. The number of hydrogen-bond donors (Lipinski definition) is 2. The Kier molecular flexibility index (Phi) is 7.41. The number of amides is 2. The molecule has 27 heavy (non-hydrogen) atoms. The zero-order chi connectivity index (χ0) is 19.8. The fourth-order valence-corrected chi connectivity index (χ4v) is 2.76. The quantitative estimate of drug-likeness (QED) is 0.751. The average Bonchev–Trinajstić information content (AvgIpc) is 2.66. The maximum Gasteiger partial charge on any atom is 0.408 e. The molecule has 0 aliphatic carbocycles. The molecule has 0 aromatic heterocycles. The Labute approximate surface area is 161 Å². The van der Waals surface area contributed by atoms with Gasteiger partial charge in [0.25, 0.3) is 0 Å².